The van der Waals surface area contributed by atoms with Gasteiger partial charge in [-0.05, 0) is 91.4 Å². The zero-order valence-electron chi connectivity index (χ0n) is 26.6. The molecular formula is C37H29F2N7O3S. The van der Waals surface area contributed by atoms with Crippen molar-refractivity contribution in [1.29, 1.82) is 0 Å². The Balaban J connectivity index is 1.16. The summed E-state index contributed by atoms with van der Waals surface area (Å²) in [5, 5.41) is 14.7. The van der Waals surface area contributed by atoms with Gasteiger partial charge in [-0.3, -0.25) is 4.79 Å². The van der Waals surface area contributed by atoms with Gasteiger partial charge in [-0.15, -0.1) is 16.4 Å². The van der Waals surface area contributed by atoms with E-state index in [9.17, 15) is 18.4 Å². The van der Waals surface area contributed by atoms with Gasteiger partial charge in [-0.2, -0.15) is 0 Å². The number of pyridine rings is 1. The number of benzene rings is 2. The summed E-state index contributed by atoms with van der Waals surface area (Å²) in [6.07, 6.45) is 5.99. The van der Waals surface area contributed by atoms with E-state index in [-0.39, 0.29) is 35.4 Å². The van der Waals surface area contributed by atoms with Gasteiger partial charge in [0.25, 0.3) is 5.91 Å². The molecule has 1 unspecified atom stereocenters. The minimum Gasteiger partial charge on any atom is -0.388 e. The fraction of sp³-hybridized carbons (Fsp3) is 0.270. The lowest BCUT2D eigenvalue weighted by molar-refractivity contribution is -0.126. The second-order valence-corrected chi connectivity index (χ2v) is 14.1. The van der Waals surface area contributed by atoms with Crippen molar-refractivity contribution < 1.29 is 18.0 Å². The highest BCUT2D eigenvalue weighted by atomic mass is 32.1. The van der Waals surface area contributed by atoms with E-state index >= 15 is 0 Å². The molecule has 9 rings (SSSR count). The highest BCUT2D eigenvalue weighted by Gasteiger charge is 2.49. The molecule has 13 heteroatoms. The van der Waals surface area contributed by atoms with Gasteiger partial charge in [-0.25, -0.2) is 28.5 Å². The topological polar surface area (TPSA) is 121 Å². The molecule has 2 aromatic carbocycles. The van der Waals surface area contributed by atoms with Crippen LogP contribution in [0, 0.1) is 18.2 Å². The normalized spacial score (nSPS) is 21.0. The van der Waals surface area contributed by atoms with Crippen LogP contribution in [0.1, 0.15) is 65.1 Å². The summed E-state index contributed by atoms with van der Waals surface area (Å²) in [4.78, 5) is 37.3. The molecule has 3 atom stereocenters. The van der Waals surface area contributed by atoms with Crippen LogP contribution in [0.2, 0.25) is 0 Å². The Hall–Kier alpha value is -5.61. The number of aromatic amines is 1. The van der Waals surface area contributed by atoms with E-state index in [1.165, 1.54) is 29.5 Å². The van der Waals surface area contributed by atoms with Crippen molar-refractivity contribution in [3.8, 4) is 0 Å². The lowest BCUT2D eigenvalue weighted by atomic mass is 9.82. The number of allylic oxidation sites excluding steroid dienone is 2. The third-order valence-corrected chi connectivity index (χ3v) is 11.5. The quantitative estimate of drug-likeness (QED) is 0.159. The number of fused-ring (bicyclic) bond motifs is 4. The maximum absolute atomic E-state index is 14.7. The largest absolute Gasteiger partial charge is 0.434 e. The number of anilines is 1. The van der Waals surface area contributed by atoms with Crippen LogP contribution in [-0.2, 0) is 17.6 Å². The predicted molar refractivity (Wildman–Crippen MR) is 183 cm³/mol. The minimum absolute atomic E-state index is 0.0266. The molecule has 0 spiro atoms. The number of nitrogens with one attached hydrogen (secondary N) is 3. The SMILES string of the molecule is [C-]#[N+]c1cc2c(cc1F)[C@H](Nc1nccc3cc(C4C5=C(NC(CCc6ccc(F)cc6)=C4c4n[nH]c(=O)o4)[C@@H]4CCCN4C5=O)sc13)CC2. The van der Waals surface area contributed by atoms with Crippen molar-refractivity contribution in [2.45, 2.75) is 56.5 Å². The van der Waals surface area contributed by atoms with Crippen LogP contribution in [0.5, 0.6) is 0 Å². The van der Waals surface area contributed by atoms with Gasteiger partial charge < -0.3 is 20.0 Å². The molecule has 50 heavy (non-hydrogen) atoms. The van der Waals surface area contributed by atoms with E-state index < -0.39 is 17.5 Å². The number of carbonyl (C=O) groups excluding carboxylic acids is 1. The summed E-state index contributed by atoms with van der Waals surface area (Å²) in [5.41, 5.74) is 5.60. The third kappa shape index (κ3) is 4.93. The molecule has 3 aromatic heterocycles. The molecule has 1 amide bonds. The average molecular weight is 690 g/mol. The Morgan fingerprint density at radius 3 is 2.74 bits per heavy atom. The van der Waals surface area contributed by atoms with Gasteiger partial charge >= 0.3 is 5.76 Å². The van der Waals surface area contributed by atoms with E-state index in [1.807, 2.05) is 11.0 Å². The molecule has 0 radical (unpaired) electrons. The summed E-state index contributed by atoms with van der Waals surface area (Å²) < 4.78 is 34.9. The second kappa shape index (κ2) is 11.8. The van der Waals surface area contributed by atoms with Crippen LogP contribution in [0.3, 0.4) is 0 Å². The average Bonchev–Trinajstić information content (AvgIpc) is 3.96. The van der Waals surface area contributed by atoms with Gasteiger partial charge in [-0.1, -0.05) is 17.7 Å². The zero-order chi connectivity index (χ0) is 34.1. The Bertz CT molecular complexity index is 2390. The van der Waals surface area contributed by atoms with E-state index in [4.69, 9.17) is 16.0 Å². The first-order chi connectivity index (χ1) is 24.4. The summed E-state index contributed by atoms with van der Waals surface area (Å²) in [6.45, 7) is 7.95. The number of aryl methyl sites for hydroxylation is 2. The Morgan fingerprint density at radius 2 is 1.94 bits per heavy atom. The van der Waals surface area contributed by atoms with E-state index in [2.05, 4.69) is 31.7 Å². The molecule has 0 saturated carbocycles. The first kappa shape index (κ1) is 30.4. The molecule has 1 saturated heterocycles. The van der Waals surface area contributed by atoms with Crippen molar-refractivity contribution >= 4 is 44.4 Å². The number of hydrogen-bond donors (Lipinski definition) is 3. The Labute approximate surface area is 288 Å². The zero-order valence-corrected chi connectivity index (χ0v) is 27.4. The summed E-state index contributed by atoms with van der Waals surface area (Å²) in [6, 6.07) is 13.2. The minimum atomic E-state index is -0.703. The van der Waals surface area contributed by atoms with Crippen molar-refractivity contribution in [2.75, 3.05) is 11.9 Å². The van der Waals surface area contributed by atoms with Crippen LogP contribution in [-0.4, -0.2) is 38.6 Å². The number of H-pyrrole nitrogens is 1. The van der Waals surface area contributed by atoms with Gasteiger partial charge in [0.2, 0.25) is 11.6 Å². The highest BCUT2D eigenvalue weighted by molar-refractivity contribution is 7.19. The van der Waals surface area contributed by atoms with Crippen molar-refractivity contribution in [3.05, 3.63) is 133 Å². The number of dihydropyridines is 1. The molecule has 3 N–H and O–H groups in total. The van der Waals surface area contributed by atoms with Crippen LogP contribution < -0.4 is 16.4 Å². The van der Waals surface area contributed by atoms with E-state index in [1.54, 1.807) is 24.4 Å². The number of aromatic nitrogens is 3. The lowest BCUT2D eigenvalue weighted by Gasteiger charge is -2.29. The van der Waals surface area contributed by atoms with Crippen LogP contribution in [0.4, 0.5) is 20.3 Å². The smallest absolute Gasteiger partial charge is 0.388 e. The monoisotopic (exact) mass is 689 g/mol. The molecule has 1 aliphatic carbocycles. The summed E-state index contributed by atoms with van der Waals surface area (Å²) >= 11 is 1.50. The Kier molecular flexibility index (Phi) is 7.17. The van der Waals surface area contributed by atoms with Crippen molar-refractivity contribution in [2.24, 2.45) is 0 Å². The second-order valence-electron chi connectivity index (χ2n) is 13.1. The predicted octanol–water partition coefficient (Wildman–Crippen LogP) is 6.89. The molecule has 10 nitrogen and oxygen atoms in total. The third-order valence-electron chi connectivity index (χ3n) is 10.3. The number of amides is 1. The Morgan fingerprint density at radius 1 is 1.08 bits per heavy atom. The van der Waals surface area contributed by atoms with Crippen LogP contribution in [0.15, 0.2) is 80.9 Å². The van der Waals surface area contributed by atoms with Crippen molar-refractivity contribution in [1.82, 2.24) is 25.4 Å². The molecule has 5 aromatic rings. The molecule has 4 aliphatic rings. The maximum Gasteiger partial charge on any atom is 0.434 e. The summed E-state index contributed by atoms with van der Waals surface area (Å²) in [5.74, 6) is -1.44. The molecule has 1 fully saturated rings. The van der Waals surface area contributed by atoms with E-state index in [0.717, 1.165) is 68.7 Å². The highest BCUT2D eigenvalue weighted by Crippen LogP contribution is 2.52. The fourth-order valence-corrected chi connectivity index (χ4v) is 9.21. The van der Waals surface area contributed by atoms with Crippen LogP contribution in [0.25, 0.3) is 20.5 Å². The molecule has 0 bridgehead atoms. The molecular weight excluding hydrogens is 661 g/mol. The number of hydrogen-bond acceptors (Lipinski definition) is 8. The fourth-order valence-electron chi connectivity index (χ4n) is 7.98. The van der Waals surface area contributed by atoms with Gasteiger partial charge in [0.05, 0.1) is 34.8 Å². The van der Waals surface area contributed by atoms with Gasteiger partial charge in [0, 0.05) is 34.6 Å². The number of carbonyl (C=O) groups is 1. The first-order valence-electron chi connectivity index (χ1n) is 16.6. The first-order valence-corrected chi connectivity index (χ1v) is 17.4. The molecule has 3 aliphatic heterocycles. The number of thiophene rings is 1. The summed E-state index contributed by atoms with van der Waals surface area (Å²) in [7, 11) is 0. The number of rotatable bonds is 7. The van der Waals surface area contributed by atoms with Crippen LogP contribution >= 0.6 is 11.3 Å². The van der Waals surface area contributed by atoms with Crippen molar-refractivity contribution in [3.63, 3.8) is 0 Å². The van der Waals surface area contributed by atoms with Gasteiger partial charge in [0.15, 0.2) is 0 Å². The molecule has 250 valence electrons. The number of halogens is 2. The lowest BCUT2D eigenvalue weighted by Crippen LogP contribution is -2.32. The number of nitrogens with zero attached hydrogens (tertiary/aromatic N) is 4. The van der Waals surface area contributed by atoms with Gasteiger partial charge in [0.1, 0.15) is 17.5 Å². The standard InChI is InChI=1S/C37H29F2N7O3S/c1-40-26-15-19-7-11-24(22(19)17-23(26)39)43-34-33-20(12-13-41-34)16-28(50-33)30-29(35-44-45-37(48)49-35)25(10-6-18-4-8-21(38)9-5-18)42-32-27-3-2-14-46(27)36(47)31(30)32/h4-5,8-9,12-13,15-17,24,27,30,42H,2-3,6-7,10-11,14H2,(H,41,43)(H,45,48)/t24-,27+,30?/m1/s1. The molecule has 6 heterocycles. The maximum atomic E-state index is 14.7. The van der Waals surface area contributed by atoms with E-state index in [0.29, 0.717) is 36.4 Å².